The highest BCUT2D eigenvalue weighted by atomic mass is 14.9. The minimum atomic E-state index is 0.780. The van der Waals surface area contributed by atoms with Crippen LogP contribution in [0, 0.1) is 0 Å². The van der Waals surface area contributed by atoms with Crippen LogP contribution in [-0.4, -0.2) is 29.9 Å². The van der Waals surface area contributed by atoms with Crippen LogP contribution in [0.2, 0.25) is 0 Å². The van der Waals surface area contributed by atoms with E-state index in [1.807, 2.05) is 24.4 Å². The third-order valence-corrected chi connectivity index (χ3v) is 5.60. The number of rotatable bonds is 2. The molecule has 4 aromatic heterocycles. The van der Waals surface area contributed by atoms with Gasteiger partial charge in [0.05, 0.1) is 33.9 Å². The second kappa shape index (κ2) is 6.95. The van der Waals surface area contributed by atoms with E-state index in [1.54, 1.807) is 6.20 Å². The van der Waals surface area contributed by atoms with Gasteiger partial charge in [-0.25, -0.2) is 15.0 Å². The van der Waals surface area contributed by atoms with Crippen molar-refractivity contribution in [2.45, 2.75) is 13.3 Å². The van der Waals surface area contributed by atoms with Gasteiger partial charge in [-0.3, -0.25) is 0 Å². The molecule has 3 N–H and O–H groups in total. The van der Waals surface area contributed by atoms with E-state index in [0.29, 0.717) is 0 Å². The van der Waals surface area contributed by atoms with E-state index < -0.39 is 0 Å². The Bertz CT molecular complexity index is 1510. The van der Waals surface area contributed by atoms with Crippen LogP contribution in [0.15, 0.2) is 48.8 Å². The lowest BCUT2D eigenvalue weighted by molar-refractivity contribution is 1.11. The maximum Gasteiger partial charge on any atom is 0.141 e. The first-order chi connectivity index (χ1) is 15.3. The fourth-order valence-corrected chi connectivity index (χ4v) is 4.16. The molecular weight excluding hydrogens is 384 g/mol. The molecule has 6 nitrogen and oxygen atoms in total. The summed E-state index contributed by atoms with van der Waals surface area (Å²) in [5.41, 5.74) is 9.82. The van der Waals surface area contributed by atoms with Crippen molar-refractivity contribution in [2.24, 2.45) is 0 Å². The number of H-pyrrole nitrogens is 3. The van der Waals surface area contributed by atoms with Gasteiger partial charge in [0, 0.05) is 34.5 Å². The smallest absolute Gasteiger partial charge is 0.141 e. The molecule has 2 aliphatic heterocycles. The topological polar surface area (TPSA) is 86.0 Å². The summed E-state index contributed by atoms with van der Waals surface area (Å²) in [4.78, 5) is 24.5. The first-order valence-corrected chi connectivity index (χ1v) is 10.4. The van der Waals surface area contributed by atoms with E-state index in [-0.39, 0.29) is 0 Å². The zero-order valence-electron chi connectivity index (χ0n) is 17.0. The number of fused-ring (bicyclic) bond motifs is 8. The number of aromatic amines is 3. The zero-order valence-corrected chi connectivity index (χ0v) is 17.0. The highest BCUT2D eigenvalue weighted by Gasteiger charge is 2.14. The summed E-state index contributed by atoms with van der Waals surface area (Å²) in [7, 11) is 0. The highest BCUT2D eigenvalue weighted by molar-refractivity contribution is 5.89. The molecule has 0 saturated heterocycles. The Morgan fingerprint density at radius 1 is 0.774 bits per heavy atom. The molecule has 8 bridgehead atoms. The van der Waals surface area contributed by atoms with Crippen LogP contribution >= 0.6 is 0 Å². The van der Waals surface area contributed by atoms with Gasteiger partial charge >= 0.3 is 0 Å². The lowest BCUT2D eigenvalue weighted by atomic mass is 10.1. The van der Waals surface area contributed by atoms with Crippen molar-refractivity contribution in [3.8, 4) is 11.4 Å². The summed E-state index contributed by atoms with van der Waals surface area (Å²) in [6.45, 7) is 2.15. The molecule has 2 aliphatic rings. The van der Waals surface area contributed by atoms with E-state index in [1.165, 1.54) is 5.56 Å². The van der Waals surface area contributed by atoms with Gasteiger partial charge in [-0.15, -0.1) is 0 Å². The Morgan fingerprint density at radius 2 is 1.48 bits per heavy atom. The molecule has 4 aromatic rings. The summed E-state index contributed by atoms with van der Waals surface area (Å²) in [5.74, 6) is 0.780. The highest BCUT2D eigenvalue weighted by Crippen LogP contribution is 2.29. The van der Waals surface area contributed by atoms with Crippen LogP contribution in [0.3, 0.4) is 0 Å². The number of imidazole rings is 1. The van der Waals surface area contributed by atoms with Gasteiger partial charge in [0.2, 0.25) is 0 Å². The predicted octanol–water partition coefficient (Wildman–Crippen LogP) is 5.61. The molecule has 150 valence electrons. The second-order valence-corrected chi connectivity index (χ2v) is 7.60. The Hall–Kier alpha value is -4.19. The van der Waals surface area contributed by atoms with Crippen molar-refractivity contribution in [1.82, 2.24) is 29.9 Å². The zero-order chi connectivity index (χ0) is 20.8. The van der Waals surface area contributed by atoms with Crippen LogP contribution in [0.4, 0.5) is 0 Å². The minimum absolute atomic E-state index is 0.780. The van der Waals surface area contributed by atoms with Gasteiger partial charge in [0.1, 0.15) is 5.82 Å². The van der Waals surface area contributed by atoms with Gasteiger partial charge in [-0.1, -0.05) is 6.92 Å². The molecule has 0 saturated carbocycles. The fourth-order valence-electron chi connectivity index (χ4n) is 4.16. The molecule has 0 aromatic carbocycles. The molecule has 0 unspecified atom stereocenters. The second-order valence-electron chi connectivity index (χ2n) is 7.60. The normalized spacial score (nSPS) is 12.5. The number of aryl methyl sites for hydroxylation is 1. The quantitative estimate of drug-likeness (QED) is 0.351. The monoisotopic (exact) mass is 404 g/mol. The van der Waals surface area contributed by atoms with Gasteiger partial charge in [0.25, 0.3) is 0 Å². The van der Waals surface area contributed by atoms with Crippen molar-refractivity contribution >= 4 is 46.4 Å². The predicted molar refractivity (Wildman–Crippen MR) is 126 cm³/mol. The molecule has 0 atom stereocenters. The molecular formula is C25H20N6. The number of hydrogen-bond acceptors (Lipinski definition) is 3. The van der Waals surface area contributed by atoms with Crippen LogP contribution in [-0.2, 0) is 6.42 Å². The van der Waals surface area contributed by atoms with Crippen LogP contribution in [0.1, 0.15) is 35.3 Å². The van der Waals surface area contributed by atoms with E-state index in [0.717, 1.165) is 62.7 Å². The lowest BCUT2D eigenvalue weighted by Crippen LogP contribution is -1.90. The first kappa shape index (κ1) is 17.7. The molecule has 31 heavy (non-hydrogen) atoms. The van der Waals surface area contributed by atoms with Crippen LogP contribution < -0.4 is 0 Å². The summed E-state index contributed by atoms with van der Waals surface area (Å²) in [5, 5.41) is 0. The average molecular weight is 404 g/mol. The molecule has 6 heteroatoms. The molecule has 6 heterocycles. The van der Waals surface area contributed by atoms with E-state index in [4.69, 9.17) is 9.97 Å². The van der Waals surface area contributed by atoms with E-state index in [9.17, 15) is 0 Å². The van der Waals surface area contributed by atoms with Gasteiger partial charge in [0.15, 0.2) is 0 Å². The van der Waals surface area contributed by atoms with Crippen molar-refractivity contribution in [1.29, 1.82) is 0 Å². The average Bonchev–Trinajstić information content (AvgIpc) is 3.56. The molecule has 0 spiro atoms. The maximum atomic E-state index is 5.00. The molecule has 0 aliphatic carbocycles. The lowest BCUT2D eigenvalue weighted by Gasteiger charge is -2.00. The van der Waals surface area contributed by atoms with Crippen LogP contribution in [0.25, 0.3) is 57.8 Å². The van der Waals surface area contributed by atoms with E-state index >= 15 is 0 Å². The third kappa shape index (κ3) is 3.09. The number of nitrogens with one attached hydrogen (secondary N) is 3. The number of nitrogens with zero attached hydrogens (tertiary/aromatic N) is 3. The fraction of sp³-hybridized carbons (Fsp3) is 0.0800. The molecule has 0 amide bonds. The number of aromatic nitrogens is 6. The molecule has 6 rings (SSSR count). The summed E-state index contributed by atoms with van der Waals surface area (Å²) < 4.78 is 0. The Labute approximate surface area is 178 Å². The number of hydrogen-bond donors (Lipinski definition) is 3. The van der Waals surface area contributed by atoms with E-state index in [2.05, 4.69) is 69.3 Å². The standard InChI is InChI=1S/C25H20N6/c1-2-19-20-7-5-17(29-20)13-15-3-4-16(28-15)14-18-6-8-22(30-18)24(25-26-11-12-27-25)23-10-9-21(19)31-23/h3-14,29-30H,2H2,1H3,(H,26,27). The summed E-state index contributed by atoms with van der Waals surface area (Å²) >= 11 is 0. The van der Waals surface area contributed by atoms with Gasteiger partial charge in [-0.05, 0) is 67.1 Å². The summed E-state index contributed by atoms with van der Waals surface area (Å²) in [6, 6.07) is 12.4. The minimum Gasteiger partial charge on any atom is -0.355 e. The maximum absolute atomic E-state index is 5.00. The van der Waals surface area contributed by atoms with Gasteiger partial charge in [-0.2, -0.15) is 0 Å². The van der Waals surface area contributed by atoms with Crippen molar-refractivity contribution < 1.29 is 0 Å². The van der Waals surface area contributed by atoms with Crippen molar-refractivity contribution in [3.05, 3.63) is 77.1 Å². The largest absolute Gasteiger partial charge is 0.355 e. The summed E-state index contributed by atoms with van der Waals surface area (Å²) in [6.07, 6.45) is 12.7. The first-order valence-electron chi connectivity index (χ1n) is 10.4. The van der Waals surface area contributed by atoms with Crippen LogP contribution in [0.5, 0.6) is 0 Å². The van der Waals surface area contributed by atoms with Crippen molar-refractivity contribution in [3.63, 3.8) is 0 Å². The SMILES string of the molecule is CCc1c2nc(c(-c3ncc[nH]3)c3ccc(cc4nc(cc5ccc1[nH]5)C=C4)[nH]3)C=C2. The van der Waals surface area contributed by atoms with Crippen molar-refractivity contribution in [2.75, 3.05) is 0 Å². The third-order valence-electron chi connectivity index (χ3n) is 5.60. The Kier molecular flexibility index (Phi) is 3.96. The Morgan fingerprint density at radius 3 is 2.19 bits per heavy atom. The van der Waals surface area contributed by atoms with Gasteiger partial charge < -0.3 is 15.0 Å². The Balaban J connectivity index is 1.77. The molecule has 0 radical (unpaired) electrons. The molecule has 0 fully saturated rings.